The predicted molar refractivity (Wildman–Crippen MR) is 120 cm³/mol. The molecule has 5 rings (SSSR count). The van der Waals surface area contributed by atoms with Crippen molar-refractivity contribution in [2.45, 2.75) is 24.8 Å². The van der Waals surface area contributed by atoms with Crippen LogP contribution in [0.25, 0.3) is 27.9 Å². The van der Waals surface area contributed by atoms with E-state index in [1.807, 2.05) is 40.8 Å². The molecule has 0 aliphatic rings. The molecule has 32 heavy (non-hydrogen) atoms. The van der Waals surface area contributed by atoms with Gasteiger partial charge in [0.15, 0.2) is 16.5 Å². The lowest BCUT2D eigenvalue weighted by Crippen LogP contribution is -2.04. The van der Waals surface area contributed by atoms with E-state index < -0.39 is 5.97 Å². The molecule has 0 saturated heterocycles. The van der Waals surface area contributed by atoms with Crippen molar-refractivity contribution in [3.63, 3.8) is 0 Å². The fourth-order valence-electron chi connectivity index (χ4n) is 3.45. The molecule has 2 aromatic carbocycles. The zero-order valence-electron chi connectivity index (χ0n) is 17.5. The number of ether oxygens (including phenoxy) is 1. The smallest absolute Gasteiger partial charge is 0.360 e. The Bertz CT molecular complexity index is 1440. The SMILES string of the molecule is CCOC(=O)c1cc(CSc2nnc3c4ccccc4nc(-c4cccc(C)c4)n23)on1. The number of rotatable bonds is 6. The molecule has 0 atom stereocenters. The Hall–Kier alpha value is -3.72. The third-order valence-corrected chi connectivity index (χ3v) is 5.83. The van der Waals surface area contributed by atoms with Gasteiger partial charge in [0, 0.05) is 17.0 Å². The van der Waals surface area contributed by atoms with Crippen LogP contribution in [-0.4, -0.2) is 37.3 Å². The fraction of sp³-hybridized carbons (Fsp3) is 0.174. The van der Waals surface area contributed by atoms with Gasteiger partial charge in [-0.15, -0.1) is 10.2 Å². The van der Waals surface area contributed by atoms with Crippen LogP contribution in [0.3, 0.4) is 0 Å². The third-order valence-electron chi connectivity index (χ3n) is 4.88. The fourth-order valence-corrected chi connectivity index (χ4v) is 4.26. The number of esters is 1. The number of nitrogens with zero attached hydrogens (tertiary/aromatic N) is 5. The highest BCUT2D eigenvalue weighted by molar-refractivity contribution is 7.98. The number of para-hydroxylation sites is 1. The van der Waals surface area contributed by atoms with Crippen LogP contribution in [0.5, 0.6) is 0 Å². The number of hydrogen-bond donors (Lipinski definition) is 0. The molecular formula is C23H19N5O3S. The molecule has 0 aliphatic heterocycles. The van der Waals surface area contributed by atoms with Crippen molar-refractivity contribution in [1.29, 1.82) is 0 Å². The average molecular weight is 446 g/mol. The second kappa shape index (κ2) is 8.43. The number of carbonyl (C=O) groups excluding carboxylic acids is 1. The topological polar surface area (TPSA) is 95.4 Å². The Kier molecular flexibility index (Phi) is 5.32. The summed E-state index contributed by atoms with van der Waals surface area (Å²) in [6, 6.07) is 17.7. The molecule has 0 N–H and O–H groups in total. The first-order valence-electron chi connectivity index (χ1n) is 10.1. The molecular weight excluding hydrogens is 426 g/mol. The van der Waals surface area contributed by atoms with E-state index in [0.717, 1.165) is 33.5 Å². The first-order valence-corrected chi connectivity index (χ1v) is 11.1. The Labute approximate surface area is 187 Å². The summed E-state index contributed by atoms with van der Waals surface area (Å²) < 4.78 is 12.2. The number of fused-ring (bicyclic) bond motifs is 3. The van der Waals surface area contributed by atoms with Crippen molar-refractivity contribution in [2.75, 3.05) is 6.61 Å². The van der Waals surface area contributed by atoms with Gasteiger partial charge in [0.25, 0.3) is 0 Å². The minimum absolute atomic E-state index is 0.154. The van der Waals surface area contributed by atoms with Gasteiger partial charge in [-0.3, -0.25) is 4.40 Å². The van der Waals surface area contributed by atoms with Crippen molar-refractivity contribution < 1.29 is 14.1 Å². The molecule has 8 nitrogen and oxygen atoms in total. The van der Waals surface area contributed by atoms with Crippen LogP contribution in [0.1, 0.15) is 28.7 Å². The summed E-state index contributed by atoms with van der Waals surface area (Å²) in [5.74, 6) is 1.23. The van der Waals surface area contributed by atoms with Gasteiger partial charge >= 0.3 is 5.97 Å². The second-order valence-corrected chi connectivity index (χ2v) is 8.09. The van der Waals surface area contributed by atoms with Gasteiger partial charge in [-0.05, 0) is 32.0 Å². The summed E-state index contributed by atoms with van der Waals surface area (Å²) >= 11 is 1.43. The van der Waals surface area contributed by atoms with Crippen molar-refractivity contribution >= 4 is 34.3 Å². The van der Waals surface area contributed by atoms with Gasteiger partial charge in [0.1, 0.15) is 11.6 Å². The molecule has 3 aromatic heterocycles. The maximum absolute atomic E-state index is 11.8. The Balaban J connectivity index is 1.55. The number of aromatic nitrogens is 5. The maximum Gasteiger partial charge on any atom is 0.360 e. The van der Waals surface area contributed by atoms with Gasteiger partial charge < -0.3 is 9.26 Å². The largest absolute Gasteiger partial charge is 0.461 e. The molecule has 0 aliphatic carbocycles. The lowest BCUT2D eigenvalue weighted by molar-refractivity contribution is 0.0514. The van der Waals surface area contributed by atoms with Crippen molar-refractivity contribution in [2.24, 2.45) is 0 Å². The lowest BCUT2D eigenvalue weighted by atomic mass is 10.1. The quantitative estimate of drug-likeness (QED) is 0.274. The van der Waals surface area contributed by atoms with Crippen LogP contribution in [-0.2, 0) is 10.5 Å². The molecule has 0 spiro atoms. The summed E-state index contributed by atoms with van der Waals surface area (Å²) in [5, 5.41) is 14.3. The number of hydrogen-bond acceptors (Lipinski definition) is 8. The molecule has 5 aromatic rings. The molecule has 0 fully saturated rings. The zero-order valence-corrected chi connectivity index (χ0v) is 18.3. The average Bonchev–Trinajstić information content (AvgIpc) is 3.45. The summed E-state index contributed by atoms with van der Waals surface area (Å²) in [6.45, 7) is 4.08. The molecule has 9 heteroatoms. The van der Waals surface area contributed by atoms with Crippen molar-refractivity contribution in [3.8, 4) is 11.4 Å². The van der Waals surface area contributed by atoms with Crippen LogP contribution >= 0.6 is 11.8 Å². The third kappa shape index (κ3) is 3.71. The van der Waals surface area contributed by atoms with Gasteiger partial charge in [-0.25, -0.2) is 9.78 Å². The van der Waals surface area contributed by atoms with E-state index >= 15 is 0 Å². The van der Waals surface area contributed by atoms with Crippen LogP contribution in [0.2, 0.25) is 0 Å². The molecule has 160 valence electrons. The predicted octanol–water partition coefficient (Wildman–Crippen LogP) is 4.71. The molecule has 0 bridgehead atoms. The molecule has 0 amide bonds. The summed E-state index contributed by atoms with van der Waals surface area (Å²) in [6.07, 6.45) is 0. The summed E-state index contributed by atoms with van der Waals surface area (Å²) in [4.78, 5) is 16.8. The van der Waals surface area contributed by atoms with E-state index in [9.17, 15) is 4.79 Å². The van der Waals surface area contributed by atoms with E-state index in [1.54, 1.807) is 13.0 Å². The van der Waals surface area contributed by atoms with Crippen LogP contribution < -0.4 is 0 Å². The molecule has 0 unspecified atom stereocenters. The Morgan fingerprint density at radius 1 is 1.12 bits per heavy atom. The highest BCUT2D eigenvalue weighted by atomic mass is 32.2. The minimum Gasteiger partial charge on any atom is -0.461 e. The highest BCUT2D eigenvalue weighted by Gasteiger charge is 2.18. The Morgan fingerprint density at radius 2 is 2.00 bits per heavy atom. The van der Waals surface area contributed by atoms with Gasteiger partial charge in [0.05, 0.1) is 17.9 Å². The second-order valence-electron chi connectivity index (χ2n) is 7.15. The number of benzene rings is 2. The van der Waals surface area contributed by atoms with E-state index in [2.05, 4.69) is 34.4 Å². The molecule has 0 radical (unpaired) electrons. The van der Waals surface area contributed by atoms with Crippen LogP contribution in [0.15, 0.2) is 64.3 Å². The number of aryl methyl sites for hydroxylation is 1. The van der Waals surface area contributed by atoms with E-state index in [1.165, 1.54) is 11.8 Å². The van der Waals surface area contributed by atoms with Crippen molar-refractivity contribution in [1.82, 2.24) is 24.7 Å². The Morgan fingerprint density at radius 3 is 2.84 bits per heavy atom. The number of thioether (sulfide) groups is 1. The maximum atomic E-state index is 11.8. The highest BCUT2D eigenvalue weighted by Crippen LogP contribution is 2.30. The monoisotopic (exact) mass is 445 g/mol. The van der Waals surface area contributed by atoms with E-state index in [0.29, 0.717) is 16.7 Å². The zero-order chi connectivity index (χ0) is 22.1. The lowest BCUT2D eigenvalue weighted by Gasteiger charge is -2.10. The van der Waals surface area contributed by atoms with E-state index in [-0.39, 0.29) is 12.3 Å². The van der Waals surface area contributed by atoms with Gasteiger partial charge in [-0.1, -0.05) is 52.8 Å². The van der Waals surface area contributed by atoms with Crippen LogP contribution in [0, 0.1) is 6.92 Å². The first kappa shape index (κ1) is 20.2. The van der Waals surface area contributed by atoms with Gasteiger partial charge in [-0.2, -0.15) is 0 Å². The summed E-state index contributed by atoms with van der Waals surface area (Å²) in [5.41, 5.74) is 3.86. The van der Waals surface area contributed by atoms with Gasteiger partial charge in [0.2, 0.25) is 0 Å². The van der Waals surface area contributed by atoms with Crippen molar-refractivity contribution in [3.05, 3.63) is 71.6 Å². The van der Waals surface area contributed by atoms with Crippen LogP contribution in [0.4, 0.5) is 0 Å². The van der Waals surface area contributed by atoms with E-state index in [4.69, 9.17) is 14.2 Å². The summed E-state index contributed by atoms with van der Waals surface area (Å²) in [7, 11) is 0. The molecule has 3 heterocycles. The minimum atomic E-state index is -0.502. The standard InChI is InChI=1S/C23H19N5O3S/c1-3-30-22(29)19-12-16(31-27-19)13-32-23-26-25-21-17-9-4-5-10-18(17)24-20(28(21)23)15-8-6-7-14(2)11-15/h4-12H,3,13H2,1-2H3. The first-order chi connectivity index (χ1) is 15.6. The normalized spacial score (nSPS) is 11.3. The number of carbonyl (C=O) groups is 1. The molecule has 0 saturated carbocycles.